The second-order valence-electron chi connectivity index (χ2n) is 2.54. The first-order chi connectivity index (χ1) is 5.77. The lowest BCUT2D eigenvalue weighted by Crippen LogP contribution is -1.98. The zero-order valence-electron chi connectivity index (χ0n) is 7.32. The molecule has 0 spiro atoms. The maximum absolute atomic E-state index is 9.43. The number of hydrogen-bond acceptors (Lipinski definition) is 3. The molecule has 0 aliphatic rings. The highest BCUT2D eigenvalue weighted by atomic mass is 16.5. The van der Waals surface area contributed by atoms with Crippen molar-refractivity contribution in [1.29, 1.82) is 0 Å². The number of hydrogen-bond donors (Lipinski definition) is 1. The molecule has 1 atom stereocenters. The largest absolute Gasteiger partial charge is 0.497 e. The Morgan fingerprint density at radius 1 is 1.67 bits per heavy atom. The number of aliphatic hydroxyl groups is 1. The Balaban J connectivity index is 2.86. The van der Waals surface area contributed by atoms with Crippen molar-refractivity contribution in [3.05, 3.63) is 24.0 Å². The number of aliphatic hydroxyl groups excluding tert-OH is 1. The topological polar surface area (TPSA) is 42.4 Å². The minimum atomic E-state index is -0.486. The number of pyridine rings is 1. The maximum Gasteiger partial charge on any atom is 0.122 e. The average Bonchev–Trinajstić information content (AvgIpc) is 2.17. The molecule has 1 unspecified atom stereocenters. The first kappa shape index (κ1) is 9.00. The molecule has 1 aromatic heterocycles. The third-order valence-corrected chi connectivity index (χ3v) is 1.72. The highest BCUT2D eigenvalue weighted by molar-refractivity contribution is 5.23. The van der Waals surface area contributed by atoms with E-state index in [1.807, 2.05) is 6.92 Å². The van der Waals surface area contributed by atoms with Crippen molar-refractivity contribution in [3.8, 4) is 5.75 Å². The summed E-state index contributed by atoms with van der Waals surface area (Å²) in [6.45, 7) is 1.91. The highest BCUT2D eigenvalue weighted by Gasteiger charge is 2.06. The minimum absolute atomic E-state index is 0.486. The van der Waals surface area contributed by atoms with Crippen LogP contribution in [0.1, 0.15) is 25.1 Å². The van der Waals surface area contributed by atoms with Gasteiger partial charge in [0.1, 0.15) is 5.75 Å². The predicted octanol–water partition coefficient (Wildman–Crippen LogP) is 1.53. The van der Waals surface area contributed by atoms with Gasteiger partial charge >= 0.3 is 0 Å². The molecule has 0 bridgehead atoms. The summed E-state index contributed by atoms with van der Waals surface area (Å²) in [4.78, 5) is 4.03. The fourth-order valence-electron chi connectivity index (χ4n) is 0.946. The molecule has 1 N–H and O–H groups in total. The Hall–Kier alpha value is -1.09. The molecule has 66 valence electrons. The van der Waals surface area contributed by atoms with E-state index >= 15 is 0 Å². The monoisotopic (exact) mass is 167 g/mol. The number of rotatable bonds is 3. The SMILES string of the molecule is CCC(O)c1cc(OC)ccn1. The summed E-state index contributed by atoms with van der Waals surface area (Å²) in [5.74, 6) is 0.729. The van der Waals surface area contributed by atoms with E-state index in [1.165, 1.54) is 0 Å². The summed E-state index contributed by atoms with van der Waals surface area (Å²) < 4.78 is 5.00. The van der Waals surface area contributed by atoms with Crippen molar-refractivity contribution in [2.75, 3.05) is 7.11 Å². The quantitative estimate of drug-likeness (QED) is 0.742. The lowest BCUT2D eigenvalue weighted by atomic mass is 10.2. The van der Waals surface area contributed by atoms with Gasteiger partial charge in [0.05, 0.1) is 18.9 Å². The summed E-state index contributed by atoms with van der Waals surface area (Å²) in [6, 6.07) is 3.50. The average molecular weight is 167 g/mol. The van der Waals surface area contributed by atoms with Gasteiger partial charge in [-0.1, -0.05) is 6.92 Å². The molecular weight excluding hydrogens is 154 g/mol. The van der Waals surface area contributed by atoms with Crippen LogP contribution in [-0.4, -0.2) is 17.2 Å². The van der Waals surface area contributed by atoms with Crippen LogP contribution in [0.15, 0.2) is 18.3 Å². The van der Waals surface area contributed by atoms with Crippen LogP contribution in [0.5, 0.6) is 5.75 Å². The lowest BCUT2D eigenvalue weighted by Gasteiger charge is -2.07. The Labute approximate surface area is 72.0 Å². The number of nitrogens with zero attached hydrogens (tertiary/aromatic N) is 1. The van der Waals surface area contributed by atoms with Crippen molar-refractivity contribution < 1.29 is 9.84 Å². The van der Waals surface area contributed by atoms with E-state index < -0.39 is 6.10 Å². The number of methoxy groups -OCH3 is 1. The van der Waals surface area contributed by atoms with Crippen LogP contribution >= 0.6 is 0 Å². The molecular formula is C9H13NO2. The first-order valence-corrected chi connectivity index (χ1v) is 3.96. The third-order valence-electron chi connectivity index (χ3n) is 1.72. The van der Waals surface area contributed by atoms with E-state index in [-0.39, 0.29) is 0 Å². The first-order valence-electron chi connectivity index (χ1n) is 3.96. The molecule has 1 rings (SSSR count). The van der Waals surface area contributed by atoms with Crippen LogP contribution in [0.4, 0.5) is 0 Å². The van der Waals surface area contributed by atoms with Crippen molar-refractivity contribution >= 4 is 0 Å². The Kier molecular flexibility index (Phi) is 3.05. The summed E-state index contributed by atoms with van der Waals surface area (Å²) in [6.07, 6.45) is 1.81. The molecule has 0 aliphatic heterocycles. The molecule has 0 fully saturated rings. The second-order valence-corrected chi connectivity index (χ2v) is 2.54. The Morgan fingerprint density at radius 2 is 2.42 bits per heavy atom. The smallest absolute Gasteiger partial charge is 0.122 e. The van der Waals surface area contributed by atoms with Gasteiger partial charge in [-0.25, -0.2) is 0 Å². The van der Waals surface area contributed by atoms with Crippen molar-refractivity contribution in [2.45, 2.75) is 19.4 Å². The van der Waals surface area contributed by atoms with Crippen LogP contribution in [0.2, 0.25) is 0 Å². The molecule has 0 aliphatic carbocycles. The van der Waals surface area contributed by atoms with Crippen molar-refractivity contribution in [1.82, 2.24) is 4.98 Å². The van der Waals surface area contributed by atoms with Crippen LogP contribution in [0.3, 0.4) is 0 Å². The number of ether oxygens (including phenoxy) is 1. The van der Waals surface area contributed by atoms with Gasteiger partial charge in [-0.3, -0.25) is 4.98 Å². The van der Waals surface area contributed by atoms with E-state index in [1.54, 1.807) is 25.4 Å². The summed E-state index contributed by atoms with van der Waals surface area (Å²) in [7, 11) is 1.59. The molecule has 0 aromatic carbocycles. The summed E-state index contributed by atoms with van der Waals surface area (Å²) in [5.41, 5.74) is 0.664. The molecule has 0 saturated heterocycles. The van der Waals surface area contributed by atoms with Gasteiger partial charge in [-0.2, -0.15) is 0 Å². The second kappa shape index (κ2) is 4.07. The molecule has 0 saturated carbocycles. The van der Waals surface area contributed by atoms with Gasteiger partial charge in [0.15, 0.2) is 0 Å². The zero-order chi connectivity index (χ0) is 8.97. The van der Waals surface area contributed by atoms with Crippen LogP contribution in [0, 0.1) is 0 Å². The van der Waals surface area contributed by atoms with E-state index in [9.17, 15) is 5.11 Å². The van der Waals surface area contributed by atoms with Gasteiger partial charge in [0, 0.05) is 12.3 Å². The molecule has 0 radical (unpaired) electrons. The van der Waals surface area contributed by atoms with Crippen LogP contribution < -0.4 is 4.74 Å². The molecule has 12 heavy (non-hydrogen) atoms. The van der Waals surface area contributed by atoms with Crippen molar-refractivity contribution in [2.24, 2.45) is 0 Å². The summed E-state index contributed by atoms with van der Waals surface area (Å²) in [5, 5.41) is 9.43. The molecule has 1 heterocycles. The minimum Gasteiger partial charge on any atom is -0.497 e. The van der Waals surface area contributed by atoms with Crippen LogP contribution in [-0.2, 0) is 0 Å². The van der Waals surface area contributed by atoms with Crippen LogP contribution in [0.25, 0.3) is 0 Å². The predicted molar refractivity (Wildman–Crippen MR) is 46.0 cm³/mol. The normalized spacial score (nSPS) is 12.6. The van der Waals surface area contributed by atoms with Gasteiger partial charge in [0.2, 0.25) is 0 Å². The van der Waals surface area contributed by atoms with Gasteiger partial charge in [-0.05, 0) is 12.5 Å². The fourth-order valence-corrected chi connectivity index (χ4v) is 0.946. The van der Waals surface area contributed by atoms with Crippen molar-refractivity contribution in [3.63, 3.8) is 0 Å². The fraction of sp³-hybridized carbons (Fsp3) is 0.444. The van der Waals surface area contributed by atoms with E-state index in [0.717, 1.165) is 5.75 Å². The Bertz CT molecular complexity index is 250. The van der Waals surface area contributed by atoms with E-state index in [4.69, 9.17) is 4.74 Å². The van der Waals surface area contributed by atoms with E-state index in [2.05, 4.69) is 4.98 Å². The Morgan fingerprint density at radius 3 is 3.00 bits per heavy atom. The molecule has 1 aromatic rings. The third kappa shape index (κ3) is 1.95. The molecule has 0 amide bonds. The van der Waals surface area contributed by atoms with Gasteiger partial charge in [0.25, 0.3) is 0 Å². The van der Waals surface area contributed by atoms with Gasteiger partial charge < -0.3 is 9.84 Å². The standard InChI is InChI=1S/C9H13NO2/c1-3-9(11)8-6-7(12-2)4-5-10-8/h4-6,9,11H,3H2,1-2H3. The molecule has 3 heteroatoms. The molecule has 3 nitrogen and oxygen atoms in total. The van der Waals surface area contributed by atoms with Gasteiger partial charge in [-0.15, -0.1) is 0 Å². The summed E-state index contributed by atoms with van der Waals surface area (Å²) >= 11 is 0. The number of aromatic nitrogens is 1. The lowest BCUT2D eigenvalue weighted by molar-refractivity contribution is 0.168. The highest BCUT2D eigenvalue weighted by Crippen LogP contribution is 2.17. The van der Waals surface area contributed by atoms with E-state index in [0.29, 0.717) is 12.1 Å². The zero-order valence-corrected chi connectivity index (χ0v) is 7.32. The maximum atomic E-state index is 9.43.